The van der Waals surface area contributed by atoms with E-state index in [1.54, 1.807) is 16.8 Å². The normalized spacial score (nSPS) is 26.7. The van der Waals surface area contributed by atoms with Gasteiger partial charge in [-0.05, 0) is 19.9 Å². The van der Waals surface area contributed by atoms with Gasteiger partial charge in [-0.15, -0.1) is 0 Å². The van der Waals surface area contributed by atoms with Crippen LogP contribution in [0.5, 0.6) is 0 Å². The Balaban J connectivity index is 1.85. The molecule has 7 heteroatoms. The van der Waals surface area contributed by atoms with E-state index in [4.69, 9.17) is 4.84 Å². The Morgan fingerprint density at radius 2 is 2.28 bits per heavy atom. The molecule has 0 saturated carbocycles. The zero-order valence-corrected chi connectivity index (χ0v) is 10.8. The average Bonchev–Trinajstić information content (AvgIpc) is 2.60. The average molecular weight is 256 g/mol. The number of hydrogen-bond acceptors (Lipinski definition) is 4. The van der Waals surface area contributed by atoms with E-state index < -0.39 is 6.04 Å². The summed E-state index contributed by atoms with van der Waals surface area (Å²) in [5.41, 5.74) is 2.41. The Hall–Kier alpha value is -1.34. The number of carbonyl (C=O) groups excluding carboxylic acids is 2. The number of rotatable bonds is 5. The molecule has 0 aliphatic carbocycles. The Morgan fingerprint density at radius 1 is 1.50 bits per heavy atom. The summed E-state index contributed by atoms with van der Waals surface area (Å²) in [5.74, 6) is -0.229. The number of amides is 3. The first kappa shape index (κ1) is 13.1. The zero-order valence-electron chi connectivity index (χ0n) is 10.8. The van der Waals surface area contributed by atoms with Crippen molar-refractivity contribution in [1.29, 1.82) is 0 Å². The minimum absolute atomic E-state index is 0.0622. The maximum atomic E-state index is 11.9. The van der Waals surface area contributed by atoms with Crippen LogP contribution in [0.25, 0.3) is 0 Å². The summed E-state index contributed by atoms with van der Waals surface area (Å²) in [6, 6.07) is -0.201. The largest absolute Gasteiger partial charge is 0.323 e. The summed E-state index contributed by atoms with van der Waals surface area (Å²) in [6.07, 6.45) is 1.56. The number of hydroxylamine groups is 1. The van der Waals surface area contributed by atoms with Crippen LogP contribution in [-0.2, 0) is 9.63 Å². The van der Waals surface area contributed by atoms with Gasteiger partial charge in [-0.2, -0.15) is 0 Å². The molecule has 2 heterocycles. The number of carbonyl (C=O) groups is 2. The standard InChI is InChI=1S/C11H20N4O3/c1-12-5-6-18-13-10(16)9-4-3-8-7-15(9)11(17)14(8)2/h8-9,12H,3-7H2,1-2H3,(H,13,16)/t8-,9+/m1/s1. The van der Waals surface area contributed by atoms with Crippen LogP contribution in [0.4, 0.5) is 4.79 Å². The first-order chi connectivity index (χ1) is 8.65. The Morgan fingerprint density at radius 3 is 3.00 bits per heavy atom. The van der Waals surface area contributed by atoms with E-state index in [2.05, 4.69) is 10.8 Å². The number of urea groups is 1. The van der Waals surface area contributed by atoms with Crippen LogP contribution >= 0.6 is 0 Å². The summed E-state index contributed by atoms with van der Waals surface area (Å²) in [4.78, 5) is 32.2. The lowest BCUT2D eigenvalue weighted by Gasteiger charge is -2.29. The van der Waals surface area contributed by atoms with Crippen molar-refractivity contribution >= 4 is 11.9 Å². The Kier molecular flexibility index (Phi) is 4.03. The maximum Gasteiger partial charge on any atom is 0.320 e. The number of nitrogens with zero attached hydrogens (tertiary/aromatic N) is 2. The number of piperidine rings is 1. The Labute approximate surface area is 106 Å². The van der Waals surface area contributed by atoms with E-state index in [1.165, 1.54) is 0 Å². The van der Waals surface area contributed by atoms with Crippen molar-refractivity contribution in [3.63, 3.8) is 0 Å². The van der Waals surface area contributed by atoms with Crippen LogP contribution in [0.1, 0.15) is 12.8 Å². The fraction of sp³-hybridized carbons (Fsp3) is 0.818. The van der Waals surface area contributed by atoms with E-state index in [9.17, 15) is 9.59 Å². The molecule has 102 valence electrons. The fourth-order valence-corrected chi connectivity index (χ4v) is 2.45. The van der Waals surface area contributed by atoms with Gasteiger partial charge in [-0.25, -0.2) is 10.3 Å². The van der Waals surface area contributed by atoms with Gasteiger partial charge in [0.25, 0.3) is 5.91 Å². The molecule has 2 bridgehead atoms. The number of likely N-dealkylation sites (N-methyl/N-ethyl adjacent to an activating group) is 2. The van der Waals surface area contributed by atoms with Crippen LogP contribution < -0.4 is 10.8 Å². The molecule has 2 fully saturated rings. The number of hydrogen-bond donors (Lipinski definition) is 2. The highest BCUT2D eigenvalue weighted by molar-refractivity contribution is 5.88. The van der Waals surface area contributed by atoms with E-state index in [-0.39, 0.29) is 18.0 Å². The quantitative estimate of drug-likeness (QED) is 0.496. The van der Waals surface area contributed by atoms with E-state index in [0.717, 1.165) is 6.42 Å². The molecule has 2 N–H and O–H groups in total. The Bertz CT molecular complexity index is 336. The molecule has 0 aromatic rings. The van der Waals surface area contributed by atoms with Crippen molar-refractivity contribution in [2.24, 2.45) is 0 Å². The first-order valence-electron chi connectivity index (χ1n) is 6.25. The van der Waals surface area contributed by atoms with Gasteiger partial charge in [-0.3, -0.25) is 9.63 Å². The highest BCUT2D eigenvalue weighted by atomic mass is 16.7. The van der Waals surface area contributed by atoms with Crippen LogP contribution in [-0.4, -0.2) is 67.6 Å². The highest BCUT2D eigenvalue weighted by Gasteiger charge is 2.45. The van der Waals surface area contributed by atoms with E-state index in [1.807, 2.05) is 7.05 Å². The van der Waals surface area contributed by atoms with Crippen molar-refractivity contribution in [2.75, 3.05) is 33.8 Å². The molecule has 3 amide bonds. The first-order valence-corrected chi connectivity index (χ1v) is 6.25. The zero-order chi connectivity index (χ0) is 13.1. The predicted molar refractivity (Wildman–Crippen MR) is 64.7 cm³/mol. The molecule has 2 rings (SSSR count). The molecular formula is C11H20N4O3. The van der Waals surface area contributed by atoms with Crippen molar-refractivity contribution in [3.8, 4) is 0 Å². The van der Waals surface area contributed by atoms with E-state index >= 15 is 0 Å². The minimum atomic E-state index is -0.395. The molecule has 0 unspecified atom stereocenters. The summed E-state index contributed by atoms with van der Waals surface area (Å²) < 4.78 is 0. The fourth-order valence-electron chi connectivity index (χ4n) is 2.45. The van der Waals surface area contributed by atoms with Gasteiger partial charge in [0.15, 0.2) is 0 Å². The van der Waals surface area contributed by atoms with E-state index in [0.29, 0.717) is 26.1 Å². The lowest BCUT2D eigenvalue weighted by Crippen LogP contribution is -2.49. The lowest BCUT2D eigenvalue weighted by molar-refractivity contribution is -0.138. The molecular weight excluding hydrogens is 236 g/mol. The minimum Gasteiger partial charge on any atom is -0.323 e. The van der Waals surface area contributed by atoms with Crippen molar-refractivity contribution in [2.45, 2.75) is 24.9 Å². The van der Waals surface area contributed by atoms with Crippen LogP contribution in [0.3, 0.4) is 0 Å². The summed E-state index contributed by atoms with van der Waals surface area (Å²) in [6.45, 7) is 1.72. The predicted octanol–water partition coefficient (Wildman–Crippen LogP) is -0.848. The second-order valence-corrected chi connectivity index (χ2v) is 4.71. The molecule has 0 spiro atoms. The molecule has 0 aromatic heterocycles. The molecule has 2 saturated heterocycles. The maximum absolute atomic E-state index is 11.9. The molecule has 18 heavy (non-hydrogen) atoms. The third kappa shape index (κ3) is 2.41. The smallest absolute Gasteiger partial charge is 0.320 e. The van der Waals surface area contributed by atoms with Crippen LogP contribution in [0.2, 0.25) is 0 Å². The third-order valence-electron chi connectivity index (χ3n) is 3.58. The van der Waals surface area contributed by atoms with Crippen LogP contribution in [0.15, 0.2) is 0 Å². The van der Waals surface area contributed by atoms with Gasteiger partial charge >= 0.3 is 6.03 Å². The second kappa shape index (κ2) is 5.53. The molecule has 0 radical (unpaired) electrons. The molecule has 2 atom stereocenters. The molecule has 2 aliphatic heterocycles. The lowest BCUT2D eigenvalue weighted by atomic mass is 10.0. The van der Waals surface area contributed by atoms with Crippen molar-refractivity contribution in [1.82, 2.24) is 20.6 Å². The van der Waals surface area contributed by atoms with Gasteiger partial charge < -0.3 is 15.1 Å². The molecule has 0 aromatic carbocycles. The second-order valence-electron chi connectivity index (χ2n) is 4.71. The van der Waals surface area contributed by atoms with Gasteiger partial charge in [0.05, 0.1) is 12.6 Å². The van der Waals surface area contributed by atoms with Gasteiger partial charge in [0, 0.05) is 20.1 Å². The van der Waals surface area contributed by atoms with Gasteiger partial charge in [0.1, 0.15) is 6.04 Å². The van der Waals surface area contributed by atoms with Crippen molar-refractivity contribution in [3.05, 3.63) is 0 Å². The topological polar surface area (TPSA) is 73.9 Å². The SMILES string of the molecule is CNCCONC(=O)[C@@H]1CC[C@@H]2CN1C(=O)N2C. The monoisotopic (exact) mass is 256 g/mol. The summed E-state index contributed by atoms with van der Waals surface area (Å²) in [5, 5.41) is 2.91. The van der Waals surface area contributed by atoms with Crippen molar-refractivity contribution < 1.29 is 14.4 Å². The summed E-state index contributed by atoms with van der Waals surface area (Å²) in [7, 11) is 3.60. The highest BCUT2D eigenvalue weighted by Crippen LogP contribution is 2.28. The third-order valence-corrected chi connectivity index (χ3v) is 3.58. The van der Waals surface area contributed by atoms with Gasteiger partial charge in [0.2, 0.25) is 0 Å². The number of nitrogens with one attached hydrogen (secondary N) is 2. The van der Waals surface area contributed by atoms with Gasteiger partial charge in [-0.1, -0.05) is 0 Å². The number of fused-ring (bicyclic) bond motifs is 2. The molecule has 2 aliphatic rings. The summed E-state index contributed by atoms with van der Waals surface area (Å²) >= 11 is 0. The van der Waals surface area contributed by atoms with Crippen LogP contribution in [0, 0.1) is 0 Å². The molecule has 7 nitrogen and oxygen atoms in total.